The number of piperazine rings is 1. The van der Waals surface area contributed by atoms with Gasteiger partial charge < -0.3 is 4.90 Å². The van der Waals surface area contributed by atoms with Crippen molar-refractivity contribution < 1.29 is 18.0 Å². The molecular formula is C12H15ClF3N3OS. The topological polar surface area (TPSA) is 36.4 Å². The lowest BCUT2D eigenvalue weighted by atomic mass is 10.2. The number of carbonyl (C=O) groups is 1. The molecule has 118 valence electrons. The fraction of sp³-hybridized carbons (Fsp3) is 0.667. The number of hydrogen-bond donors (Lipinski definition) is 0. The molecule has 1 saturated heterocycles. The van der Waals surface area contributed by atoms with E-state index in [0.717, 1.165) is 5.69 Å². The summed E-state index contributed by atoms with van der Waals surface area (Å²) in [7, 11) is 0. The van der Waals surface area contributed by atoms with Gasteiger partial charge in [0.05, 0.1) is 24.5 Å². The molecular weight excluding hydrogens is 327 g/mol. The van der Waals surface area contributed by atoms with Crippen molar-refractivity contribution in [1.29, 1.82) is 0 Å². The molecule has 0 bridgehead atoms. The normalized spacial score (nSPS) is 17.2. The van der Waals surface area contributed by atoms with Crippen LogP contribution in [0.5, 0.6) is 0 Å². The third-order valence-corrected chi connectivity index (χ3v) is 4.34. The summed E-state index contributed by atoms with van der Waals surface area (Å²) in [6.45, 7) is 0.220. The Balaban J connectivity index is 1.80. The van der Waals surface area contributed by atoms with Crippen LogP contribution in [0.2, 0.25) is 0 Å². The first kappa shape index (κ1) is 16.5. The van der Waals surface area contributed by atoms with Gasteiger partial charge in [-0.15, -0.1) is 22.9 Å². The van der Waals surface area contributed by atoms with Gasteiger partial charge in [0.25, 0.3) is 0 Å². The molecule has 0 aliphatic carbocycles. The van der Waals surface area contributed by atoms with Crippen LogP contribution in [-0.2, 0) is 17.1 Å². The summed E-state index contributed by atoms with van der Waals surface area (Å²) >= 11 is 7.02. The van der Waals surface area contributed by atoms with Gasteiger partial charge in [-0.1, -0.05) is 0 Å². The maximum absolute atomic E-state index is 12.3. The highest BCUT2D eigenvalue weighted by Crippen LogP contribution is 2.18. The number of halogens is 4. The Morgan fingerprint density at radius 1 is 1.33 bits per heavy atom. The first-order valence-corrected chi connectivity index (χ1v) is 7.85. The molecule has 2 heterocycles. The monoisotopic (exact) mass is 341 g/mol. The Morgan fingerprint density at radius 3 is 2.52 bits per heavy atom. The Labute approximate surface area is 129 Å². The van der Waals surface area contributed by atoms with Crippen LogP contribution in [0.25, 0.3) is 0 Å². The predicted octanol–water partition coefficient (Wildman–Crippen LogP) is 2.13. The average Bonchev–Trinajstić information content (AvgIpc) is 2.85. The number of hydrogen-bond acceptors (Lipinski definition) is 4. The van der Waals surface area contributed by atoms with Gasteiger partial charge in [0.15, 0.2) is 0 Å². The van der Waals surface area contributed by atoms with Gasteiger partial charge in [0, 0.05) is 31.6 Å². The Bertz CT molecular complexity index is 486. The van der Waals surface area contributed by atoms with Gasteiger partial charge in [-0.25, -0.2) is 4.98 Å². The van der Waals surface area contributed by atoms with E-state index in [9.17, 15) is 18.0 Å². The lowest BCUT2D eigenvalue weighted by Crippen LogP contribution is -2.51. The third kappa shape index (κ3) is 5.12. The molecule has 1 aliphatic rings. The molecule has 21 heavy (non-hydrogen) atoms. The van der Waals surface area contributed by atoms with Crippen LogP contribution in [0.1, 0.15) is 10.7 Å². The van der Waals surface area contributed by atoms with Gasteiger partial charge in [0.1, 0.15) is 5.01 Å². The van der Waals surface area contributed by atoms with Crippen molar-refractivity contribution in [2.24, 2.45) is 0 Å². The number of thiazole rings is 1. The summed E-state index contributed by atoms with van der Waals surface area (Å²) in [6.07, 6.45) is -4.01. The maximum atomic E-state index is 12.3. The van der Waals surface area contributed by atoms with Gasteiger partial charge >= 0.3 is 6.18 Å². The van der Waals surface area contributed by atoms with Crippen LogP contribution < -0.4 is 0 Å². The molecule has 0 N–H and O–H groups in total. The van der Waals surface area contributed by atoms with Crippen LogP contribution in [0.15, 0.2) is 5.38 Å². The lowest BCUT2D eigenvalue weighted by Gasteiger charge is -2.34. The third-order valence-electron chi connectivity index (χ3n) is 3.17. The molecule has 1 aliphatic heterocycles. The quantitative estimate of drug-likeness (QED) is 0.787. The molecule has 2 rings (SSSR count). The fourth-order valence-electron chi connectivity index (χ4n) is 2.14. The molecule has 0 aromatic carbocycles. The molecule has 1 fully saturated rings. The van der Waals surface area contributed by atoms with Crippen LogP contribution in [0.3, 0.4) is 0 Å². The van der Waals surface area contributed by atoms with Crippen molar-refractivity contribution >= 4 is 28.8 Å². The molecule has 0 radical (unpaired) electrons. The lowest BCUT2D eigenvalue weighted by molar-refractivity contribution is -0.151. The second-order valence-electron chi connectivity index (χ2n) is 4.82. The first-order chi connectivity index (χ1) is 9.87. The number of amides is 1. The molecule has 0 unspecified atom stereocenters. The van der Waals surface area contributed by atoms with Crippen molar-refractivity contribution in [3.05, 3.63) is 16.1 Å². The summed E-state index contributed by atoms with van der Waals surface area (Å²) in [5.41, 5.74) is 0.736. The van der Waals surface area contributed by atoms with Crippen molar-refractivity contribution in [2.75, 3.05) is 32.7 Å². The van der Waals surface area contributed by atoms with Crippen LogP contribution in [0.4, 0.5) is 13.2 Å². The van der Waals surface area contributed by atoms with E-state index in [1.807, 2.05) is 0 Å². The zero-order valence-corrected chi connectivity index (χ0v) is 12.8. The second kappa shape index (κ2) is 6.93. The minimum Gasteiger partial charge on any atom is -0.340 e. The highest BCUT2D eigenvalue weighted by molar-refractivity contribution is 7.09. The van der Waals surface area contributed by atoms with Gasteiger partial charge in [-0.3, -0.25) is 9.69 Å². The van der Waals surface area contributed by atoms with Gasteiger partial charge in [-0.2, -0.15) is 13.2 Å². The van der Waals surface area contributed by atoms with Crippen molar-refractivity contribution in [2.45, 2.75) is 18.5 Å². The summed E-state index contributed by atoms with van der Waals surface area (Å²) in [4.78, 5) is 19.2. The van der Waals surface area contributed by atoms with E-state index in [0.29, 0.717) is 24.0 Å². The zero-order chi connectivity index (χ0) is 15.5. The van der Waals surface area contributed by atoms with Gasteiger partial charge in [0.2, 0.25) is 5.91 Å². The largest absolute Gasteiger partial charge is 0.401 e. The fourth-order valence-corrected chi connectivity index (χ4v) is 3.15. The van der Waals surface area contributed by atoms with Crippen molar-refractivity contribution in [3.8, 4) is 0 Å². The molecule has 0 saturated carbocycles. The van der Waals surface area contributed by atoms with E-state index in [1.54, 1.807) is 10.3 Å². The molecule has 0 spiro atoms. The van der Waals surface area contributed by atoms with Crippen LogP contribution >= 0.6 is 22.9 Å². The van der Waals surface area contributed by atoms with E-state index in [1.165, 1.54) is 16.2 Å². The minimum absolute atomic E-state index is 0.0999. The van der Waals surface area contributed by atoms with E-state index >= 15 is 0 Å². The van der Waals surface area contributed by atoms with E-state index < -0.39 is 12.7 Å². The molecule has 9 heteroatoms. The van der Waals surface area contributed by atoms with E-state index in [4.69, 9.17) is 11.6 Å². The van der Waals surface area contributed by atoms with Crippen LogP contribution in [0, 0.1) is 0 Å². The number of rotatable bonds is 4. The molecule has 1 aromatic heterocycles. The van der Waals surface area contributed by atoms with E-state index in [-0.39, 0.29) is 25.4 Å². The maximum Gasteiger partial charge on any atom is 0.401 e. The summed E-state index contributed by atoms with van der Waals surface area (Å²) in [5.74, 6) is 0.206. The Morgan fingerprint density at radius 2 is 2.00 bits per heavy atom. The summed E-state index contributed by atoms with van der Waals surface area (Å²) in [6, 6.07) is 0. The summed E-state index contributed by atoms with van der Waals surface area (Å²) < 4.78 is 36.8. The number of carbonyl (C=O) groups excluding carboxylic acids is 1. The zero-order valence-electron chi connectivity index (χ0n) is 11.2. The smallest absolute Gasteiger partial charge is 0.340 e. The highest BCUT2D eigenvalue weighted by atomic mass is 35.5. The van der Waals surface area contributed by atoms with E-state index in [2.05, 4.69) is 4.98 Å². The SMILES string of the molecule is O=C(Cc1nc(CCl)cs1)N1CCN(CC(F)(F)F)CC1. The first-order valence-electron chi connectivity index (χ1n) is 6.43. The number of nitrogens with zero attached hydrogens (tertiary/aromatic N) is 3. The minimum atomic E-state index is -4.19. The summed E-state index contributed by atoms with van der Waals surface area (Å²) in [5, 5.41) is 2.49. The van der Waals surface area contributed by atoms with Crippen LogP contribution in [-0.4, -0.2) is 59.6 Å². The Hall–Kier alpha value is -0.860. The van der Waals surface area contributed by atoms with Gasteiger partial charge in [-0.05, 0) is 0 Å². The number of alkyl halides is 4. The predicted molar refractivity (Wildman–Crippen MR) is 74.5 cm³/mol. The molecule has 0 atom stereocenters. The van der Waals surface area contributed by atoms with Crippen molar-refractivity contribution in [3.63, 3.8) is 0 Å². The molecule has 1 amide bonds. The number of aromatic nitrogens is 1. The molecule has 1 aromatic rings. The standard InChI is InChI=1S/C12H15ClF3N3OS/c13-6-9-7-21-10(17-9)5-11(20)19-3-1-18(2-4-19)8-12(14,15)16/h7H,1-6,8H2. The average molecular weight is 342 g/mol. The Kier molecular flexibility index (Phi) is 5.45. The van der Waals surface area contributed by atoms with Crippen molar-refractivity contribution in [1.82, 2.24) is 14.8 Å². The second-order valence-corrected chi connectivity index (χ2v) is 6.03. The highest BCUT2D eigenvalue weighted by Gasteiger charge is 2.32. The molecule has 4 nitrogen and oxygen atoms in total.